The number of hydrogen-bond acceptors (Lipinski definition) is 4. The van der Waals surface area contributed by atoms with Crippen LogP contribution in [-0.4, -0.2) is 15.0 Å². The molecular weight excluding hydrogens is 623 g/mol. The van der Waals surface area contributed by atoms with Crippen LogP contribution in [0.4, 0.5) is 0 Å². The molecule has 10 rings (SSSR count). The third kappa shape index (κ3) is 5.13. The lowest BCUT2D eigenvalue weighted by molar-refractivity contribution is 0.669. The summed E-state index contributed by atoms with van der Waals surface area (Å²) in [7, 11) is 0. The molecule has 0 amide bonds. The topological polar surface area (TPSA) is 51.8 Å². The van der Waals surface area contributed by atoms with Gasteiger partial charge in [-0.05, 0) is 80.2 Å². The standard InChI is InChI=1S/C47H29N3O/c1-2-10-37-35(8-1)27-41(39-12-4-3-11-38(37)39)44-28-43(49-47(50-44)33-21-17-31(18-22-33)36-9-7-25-48-29-36)32-19-15-30(16-20-32)34-23-24-46-42(26-34)40-13-5-6-14-45(40)51-46/h1-29H. The molecule has 3 aromatic heterocycles. The molecule has 0 fully saturated rings. The number of furan rings is 1. The largest absolute Gasteiger partial charge is 0.456 e. The molecule has 0 saturated heterocycles. The van der Waals surface area contributed by atoms with Crippen LogP contribution in [0.15, 0.2) is 181 Å². The monoisotopic (exact) mass is 651 g/mol. The van der Waals surface area contributed by atoms with Crippen LogP contribution in [0, 0.1) is 0 Å². The lowest BCUT2D eigenvalue weighted by Gasteiger charge is -2.14. The van der Waals surface area contributed by atoms with Gasteiger partial charge in [0.05, 0.1) is 11.4 Å². The van der Waals surface area contributed by atoms with E-state index in [2.05, 4.69) is 151 Å². The zero-order valence-electron chi connectivity index (χ0n) is 27.5. The van der Waals surface area contributed by atoms with Crippen molar-refractivity contribution in [3.05, 3.63) is 176 Å². The molecule has 238 valence electrons. The number of benzene rings is 7. The Balaban J connectivity index is 1.11. The fourth-order valence-corrected chi connectivity index (χ4v) is 7.21. The highest BCUT2D eigenvalue weighted by Gasteiger charge is 2.15. The van der Waals surface area contributed by atoms with Crippen molar-refractivity contribution in [1.82, 2.24) is 15.0 Å². The molecule has 10 aromatic rings. The number of aromatic nitrogens is 3. The van der Waals surface area contributed by atoms with E-state index in [0.29, 0.717) is 5.82 Å². The van der Waals surface area contributed by atoms with E-state index in [1.807, 2.05) is 24.4 Å². The summed E-state index contributed by atoms with van der Waals surface area (Å²) in [5.41, 5.74) is 11.0. The van der Waals surface area contributed by atoms with Crippen molar-refractivity contribution in [3.63, 3.8) is 0 Å². The normalized spacial score (nSPS) is 11.5. The van der Waals surface area contributed by atoms with Gasteiger partial charge in [-0.15, -0.1) is 0 Å². The first-order valence-electron chi connectivity index (χ1n) is 17.1. The molecular formula is C47H29N3O. The first-order chi connectivity index (χ1) is 25.2. The van der Waals surface area contributed by atoms with Gasteiger partial charge in [0, 0.05) is 39.9 Å². The molecule has 4 nitrogen and oxygen atoms in total. The molecule has 3 heterocycles. The lowest BCUT2D eigenvalue weighted by atomic mass is 9.94. The highest BCUT2D eigenvalue weighted by atomic mass is 16.3. The van der Waals surface area contributed by atoms with Crippen molar-refractivity contribution in [3.8, 4) is 56.2 Å². The van der Waals surface area contributed by atoms with Crippen LogP contribution in [0.3, 0.4) is 0 Å². The fourth-order valence-electron chi connectivity index (χ4n) is 7.21. The maximum atomic E-state index is 6.08. The molecule has 0 bridgehead atoms. The average molecular weight is 652 g/mol. The summed E-state index contributed by atoms with van der Waals surface area (Å²) in [6.45, 7) is 0. The Morgan fingerprint density at radius 1 is 0.373 bits per heavy atom. The molecule has 0 spiro atoms. The van der Waals surface area contributed by atoms with Gasteiger partial charge in [-0.1, -0.05) is 127 Å². The Hall–Kier alpha value is -6.91. The van der Waals surface area contributed by atoms with Gasteiger partial charge in [-0.2, -0.15) is 0 Å². The van der Waals surface area contributed by atoms with Crippen LogP contribution in [0.5, 0.6) is 0 Å². The molecule has 51 heavy (non-hydrogen) atoms. The van der Waals surface area contributed by atoms with E-state index in [-0.39, 0.29) is 0 Å². The van der Waals surface area contributed by atoms with E-state index >= 15 is 0 Å². The molecule has 0 aliphatic heterocycles. The van der Waals surface area contributed by atoms with E-state index in [9.17, 15) is 0 Å². The molecule has 0 N–H and O–H groups in total. The maximum absolute atomic E-state index is 6.08. The third-order valence-electron chi connectivity index (χ3n) is 9.80. The minimum atomic E-state index is 0.679. The zero-order chi connectivity index (χ0) is 33.7. The highest BCUT2D eigenvalue weighted by Crippen LogP contribution is 2.37. The number of para-hydroxylation sites is 1. The second kappa shape index (κ2) is 11.9. The predicted octanol–water partition coefficient (Wildman–Crippen LogP) is 12.4. The van der Waals surface area contributed by atoms with Crippen molar-refractivity contribution in [2.45, 2.75) is 0 Å². The average Bonchev–Trinajstić information content (AvgIpc) is 3.59. The number of fused-ring (bicyclic) bond motifs is 6. The maximum Gasteiger partial charge on any atom is 0.160 e. The summed E-state index contributed by atoms with van der Waals surface area (Å²) in [5, 5.41) is 7.03. The minimum absolute atomic E-state index is 0.679. The molecule has 0 radical (unpaired) electrons. The Morgan fingerprint density at radius 2 is 1.00 bits per heavy atom. The van der Waals surface area contributed by atoms with Gasteiger partial charge in [0.25, 0.3) is 0 Å². The summed E-state index contributed by atoms with van der Waals surface area (Å²) in [5.74, 6) is 0.679. The molecule has 0 aliphatic rings. The summed E-state index contributed by atoms with van der Waals surface area (Å²) in [4.78, 5) is 14.7. The minimum Gasteiger partial charge on any atom is -0.456 e. The third-order valence-corrected chi connectivity index (χ3v) is 9.80. The van der Waals surface area contributed by atoms with Crippen LogP contribution in [-0.2, 0) is 0 Å². The number of hydrogen-bond donors (Lipinski definition) is 0. The van der Waals surface area contributed by atoms with Crippen LogP contribution < -0.4 is 0 Å². The van der Waals surface area contributed by atoms with E-state index in [1.165, 1.54) is 16.2 Å². The van der Waals surface area contributed by atoms with Crippen LogP contribution in [0.25, 0.3) is 99.6 Å². The first-order valence-corrected chi connectivity index (χ1v) is 17.1. The van der Waals surface area contributed by atoms with Crippen molar-refractivity contribution in [2.24, 2.45) is 0 Å². The quantitative estimate of drug-likeness (QED) is 0.174. The van der Waals surface area contributed by atoms with Gasteiger partial charge < -0.3 is 4.42 Å². The van der Waals surface area contributed by atoms with Crippen molar-refractivity contribution in [1.29, 1.82) is 0 Å². The highest BCUT2D eigenvalue weighted by molar-refractivity contribution is 6.13. The van der Waals surface area contributed by atoms with Crippen molar-refractivity contribution in [2.75, 3.05) is 0 Å². The van der Waals surface area contributed by atoms with Crippen LogP contribution >= 0.6 is 0 Å². The fraction of sp³-hybridized carbons (Fsp3) is 0. The Morgan fingerprint density at radius 3 is 1.80 bits per heavy atom. The predicted molar refractivity (Wildman–Crippen MR) is 209 cm³/mol. The number of rotatable bonds is 5. The number of nitrogens with zero attached hydrogens (tertiary/aromatic N) is 3. The van der Waals surface area contributed by atoms with Gasteiger partial charge in [-0.3, -0.25) is 4.98 Å². The molecule has 0 aliphatic carbocycles. The molecule has 7 aromatic carbocycles. The molecule has 0 unspecified atom stereocenters. The second-order valence-electron chi connectivity index (χ2n) is 12.9. The van der Waals surface area contributed by atoms with Gasteiger partial charge in [0.2, 0.25) is 0 Å². The first kappa shape index (κ1) is 29.0. The van der Waals surface area contributed by atoms with E-state index in [1.54, 1.807) is 6.20 Å². The van der Waals surface area contributed by atoms with Crippen LogP contribution in [0.1, 0.15) is 0 Å². The summed E-state index contributed by atoms with van der Waals surface area (Å²) in [6.07, 6.45) is 3.68. The zero-order valence-corrected chi connectivity index (χ0v) is 27.5. The van der Waals surface area contributed by atoms with Crippen molar-refractivity contribution < 1.29 is 4.42 Å². The molecule has 0 atom stereocenters. The van der Waals surface area contributed by atoms with E-state index in [0.717, 1.165) is 77.7 Å². The SMILES string of the molecule is c1cncc(-c2ccc(-c3nc(-c4ccc(-c5ccc6oc7ccccc7c6c5)cc4)cc(-c4cc5ccccc5c5ccccc45)n3)cc2)c1. The summed E-state index contributed by atoms with van der Waals surface area (Å²) >= 11 is 0. The Kier molecular flexibility index (Phi) is 6.78. The molecule has 0 saturated carbocycles. The van der Waals surface area contributed by atoms with Gasteiger partial charge in [-0.25, -0.2) is 9.97 Å². The Labute approximate surface area is 294 Å². The second-order valence-corrected chi connectivity index (χ2v) is 12.9. The summed E-state index contributed by atoms with van der Waals surface area (Å²) < 4.78 is 6.08. The van der Waals surface area contributed by atoms with E-state index in [4.69, 9.17) is 14.4 Å². The smallest absolute Gasteiger partial charge is 0.160 e. The van der Waals surface area contributed by atoms with Crippen LogP contribution in [0.2, 0.25) is 0 Å². The van der Waals surface area contributed by atoms with Gasteiger partial charge in [0.1, 0.15) is 11.2 Å². The van der Waals surface area contributed by atoms with Gasteiger partial charge in [0.15, 0.2) is 5.82 Å². The Bertz CT molecular complexity index is 2890. The van der Waals surface area contributed by atoms with Crippen molar-refractivity contribution >= 4 is 43.5 Å². The molecule has 4 heteroatoms. The number of pyridine rings is 1. The van der Waals surface area contributed by atoms with E-state index < -0.39 is 0 Å². The van der Waals surface area contributed by atoms with Gasteiger partial charge >= 0.3 is 0 Å². The summed E-state index contributed by atoms with van der Waals surface area (Å²) in [6, 6.07) is 57.3. The lowest BCUT2D eigenvalue weighted by Crippen LogP contribution is -1.97.